The van der Waals surface area contributed by atoms with Crippen molar-refractivity contribution in [2.45, 2.75) is 25.3 Å². The van der Waals surface area contributed by atoms with Crippen molar-refractivity contribution in [3.8, 4) is 11.7 Å². The molecule has 43 heavy (non-hydrogen) atoms. The number of aromatic hydroxyl groups is 1. The normalized spacial score (nSPS) is 13.0. The van der Waals surface area contributed by atoms with E-state index in [1.165, 1.54) is 37.5 Å². The van der Waals surface area contributed by atoms with E-state index in [-0.39, 0.29) is 29.5 Å². The monoisotopic (exact) mass is 609 g/mol. The molecular weight excluding hydrogens is 588 g/mol. The number of benzene rings is 2. The molecule has 1 atom stereocenters. The van der Waals surface area contributed by atoms with Gasteiger partial charge in [0.05, 0.1) is 34.8 Å². The number of rotatable bonds is 8. The smallest absolute Gasteiger partial charge is 0.419 e. The van der Waals surface area contributed by atoms with Crippen molar-refractivity contribution >= 4 is 11.8 Å². The third kappa shape index (κ3) is 6.82. The molecule has 17 heteroatoms. The van der Waals surface area contributed by atoms with Crippen LogP contribution < -0.4 is 0 Å². The molecule has 0 aliphatic heterocycles. The summed E-state index contributed by atoms with van der Waals surface area (Å²) in [7, 11) is 0. The Kier molecular flexibility index (Phi) is 8.82. The van der Waals surface area contributed by atoms with Gasteiger partial charge in [-0.2, -0.15) is 36.1 Å². The number of carbonyl (C=O) groups excluding carboxylic acids is 1. The molecular formula is C26H21F6N7O4. The molecule has 2 N–H and O–H groups in total. The number of halogens is 6. The number of carbonyl (C=O) groups is 1. The van der Waals surface area contributed by atoms with E-state index in [0.29, 0.717) is 0 Å². The molecule has 0 saturated heterocycles. The average molecular weight is 609 g/mol. The van der Waals surface area contributed by atoms with Gasteiger partial charge >= 0.3 is 18.3 Å². The van der Waals surface area contributed by atoms with Gasteiger partial charge in [0.2, 0.25) is 0 Å². The molecule has 4 rings (SSSR count). The highest BCUT2D eigenvalue weighted by Gasteiger charge is 2.41. The molecule has 0 aliphatic rings. The summed E-state index contributed by atoms with van der Waals surface area (Å²) < 4.78 is 88.5. The van der Waals surface area contributed by atoms with Crippen LogP contribution in [0.5, 0.6) is 5.75 Å². The van der Waals surface area contributed by atoms with Gasteiger partial charge in [-0.25, -0.2) is 19.7 Å². The van der Waals surface area contributed by atoms with E-state index < -0.39 is 65.8 Å². The molecule has 226 valence electrons. The Morgan fingerprint density at radius 2 is 1.70 bits per heavy atom. The van der Waals surface area contributed by atoms with Crippen molar-refractivity contribution in [3.05, 3.63) is 95.3 Å². The molecule has 4 aromatic rings. The summed E-state index contributed by atoms with van der Waals surface area (Å²) in [6, 6.07) is 8.05. The second-order valence-corrected chi connectivity index (χ2v) is 8.79. The van der Waals surface area contributed by atoms with Crippen LogP contribution in [0.15, 0.2) is 72.4 Å². The molecule has 0 radical (unpaired) electrons. The van der Waals surface area contributed by atoms with Gasteiger partial charge in [-0.15, -0.1) is 0 Å². The Bertz CT molecular complexity index is 1600. The molecule has 0 amide bonds. The van der Waals surface area contributed by atoms with Crippen molar-refractivity contribution in [2.24, 2.45) is 5.16 Å². The van der Waals surface area contributed by atoms with Gasteiger partial charge in [0, 0.05) is 12.4 Å². The predicted molar refractivity (Wildman–Crippen MR) is 135 cm³/mol. The zero-order chi connectivity index (χ0) is 31.4. The van der Waals surface area contributed by atoms with Gasteiger partial charge in [0.1, 0.15) is 18.7 Å². The highest BCUT2D eigenvalue weighted by atomic mass is 19.4. The van der Waals surface area contributed by atoms with Gasteiger partial charge < -0.3 is 20.0 Å². The first-order valence-corrected chi connectivity index (χ1v) is 12.2. The van der Waals surface area contributed by atoms with E-state index in [2.05, 4.69) is 25.2 Å². The molecule has 0 spiro atoms. The second kappa shape index (κ2) is 12.3. The molecule has 11 nitrogen and oxygen atoms in total. The van der Waals surface area contributed by atoms with E-state index in [1.807, 2.05) is 0 Å². The minimum atomic E-state index is -5.41. The average Bonchev–Trinajstić information content (AvgIpc) is 3.47. The van der Waals surface area contributed by atoms with Crippen LogP contribution in [0, 0.1) is 0 Å². The number of alkyl halides is 6. The summed E-state index contributed by atoms with van der Waals surface area (Å²) in [5.74, 6) is -3.30. The number of esters is 1. The number of hydrogen-bond acceptors (Lipinski definition) is 9. The zero-order valence-electron chi connectivity index (χ0n) is 22.0. The summed E-state index contributed by atoms with van der Waals surface area (Å²) in [4.78, 5) is 25.7. The SMILES string of the molecule is CC(c1ncnn1-c1ncccn1)N(CCOC(=O)c1ccccc1)C(=NO)c1cc(C(F)(F)F)cc(C(F)(F)F)c1O. The number of nitrogens with zero attached hydrogens (tertiary/aromatic N) is 7. The Labute approximate surface area is 238 Å². The van der Waals surface area contributed by atoms with Crippen molar-refractivity contribution in [3.63, 3.8) is 0 Å². The van der Waals surface area contributed by atoms with Crippen LogP contribution in [0.2, 0.25) is 0 Å². The first-order valence-electron chi connectivity index (χ1n) is 12.2. The molecule has 0 aliphatic carbocycles. The van der Waals surface area contributed by atoms with E-state index in [1.54, 1.807) is 18.2 Å². The van der Waals surface area contributed by atoms with Gasteiger partial charge in [-0.05, 0) is 37.3 Å². The third-order valence-corrected chi connectivity index (χ3v) is 6.08. The maximum absolute atomic E-state index is 13.7. The standard InChI is InChI=1S/C26H21F6N7O4/c1-15(21-35-14-36-39(21)24-33-8-5-9-34-24)38(10-11-43-23(41)16-6-3-2-4-7-16)22(37-42)18-12-17(25(27,28)29)13-19(20(18)40)26(30,31)32/h2-9,12-15,40,42H,10-11H2,1H3. The van der Waals surface area contributed by atoms with E-state index in [0.717, 1.165) is 15.9 Å². The second-order valence-electron chi connectivity index (χ2n) is 8.79. The number of amidine groups is 1. The Balaban J connectivity index is 1.80. The lowest BCUT2D eigenvalue weighted by molar-refractivity contribution is -0.143. The van der Waals surface area contributed by atoms with Crippen LogP contribution in [0.3, 0.4) is 0 Å². The zero-order valence-corrected chi connectivity index (χ0v) is 22.0. The number of ether oxygens (including phenoxy) is 1. The molecule has 2 aromatic carbocycles. The molecule has 0 saturated carbocycles. The lowest BCUT2D eigenvalue weighted by Crippen LogP contribution is -2.39. The maximum atomic E-state index is 13.7. The summed E-state index contributed by atoms with van der Waals surface area (Å²) >= 11 is 0. The van der Waals surface area contributed by atoms with Crippen LogP contribution in [0.25, 0.3) is 5.95 Å². The summed E-state index contributed by atoms with van der Waals surface area (Å²) in [5.41, 5.74) is -4.71. The third-order valence-electron chi connectivity index (χ3n) is 6.08. The van der Waals surface area contributed by atoms with Crippen molar-refractivity contribution < 1.29 is 46.2 Å². The lowest BCUT2D eigenvalue weighted by atomic mass is 10.0. The first-order chi connectivity index (χ1) is 20.3. The van der Waals surface area contributed by atoms with E-state index >= 15 is 0 Å². The van der Waals surface area contributed by atoms with Gasteiger partial charge in [0.15, 0.2) is 11.7 Å². The van der Waals surface area contributed by atoms with Crippen LogP contribution in [0.1, 0.15) is 45.8 Å². The number of phenolic OH excluding ortho intramolecular Hbond substituents is 1. The van der Waals surface area contributed by atoms with E-state index in [4.69, 9.17) is 4.74 Å². The van der Waals surface area contributed by atoms with Crippen molar-refractivity contribution in [1.29, 1.82) is 0 Å². The van der Waals surface area contributed by atoms with Crippen molar-refractivity contribution in [1.82, 2.24) is 29.6 Å². The molecule has 2 aromatic heterocycles. The summed E-state index contributed by atoms with van der Waals surface area (Å²) in [5, 5.41) is 27.5. The van der Waals surface area contributed by atoms with Gasteiger partial charge in [0.25, 0.3) is 5.95 Å². The minimum absolute atomic E-state index is 0.00393. The molecule has 1 unspecified atom stereocenters. The largest absolute Gasteiger partial charge is 0.507 e. The number of oxime groups is 1. The fraction of sp³-hybridized carbons (Fsp3) is 0.231. The van der Waals surface area contributed by atoms with Crippen LogP contribution in [0.4, 0.5) is 26.3 Å². The topological polar surface area (TPSA) is 139 Å². The van der Waals surface area contributed by atoms with Crippen LogP contribution >= 0.6 is 0 Å². The summed E-state index contributed by atoms with van der Waals surface area (Å²) in [6.07, 6.45) is -6.81. The molecule has 0 bridgehead atoms. The Morgan fingerprint density at radius 3 is 2.30 bits per heavy atom. The highest BCUT2D eigenvalue weighted by Crippen LogP contribution is 2.43. The van der Waals surface area contributed by atoms with E-state index in [9.17, 15) is 41.5 Å². The Morgan fingerprint density at radius 1 is 1.02 bits per heavy atom. The maximum Gasteiger partial charge on any atom is 0.419 e. The minimum Gasteiger partial charge on any atom is -0.507 e. The predicted octanol–water partition coefficient (Wildman–Crippen LogP) is 4.86. The molecule has 0 fully saturated rings. The lowest BCUT2D eigenvalue weighted by Gasteiger charge is -2.31. The van der Waals surface area contributed by atoms with Gasteiger partial charge in [-0.3, -0.25) is 0 Å². The first kappa shape index (κ1) is 30.7. The fourth-order valence-corrected chi connectivity index (χ4v) is 4.06. The number of phenols is 1. The van der Waals surface area contributed by atoms with Crippen LogP contribution in [-0.2, 0) is 17.1 Å². The molecule has 2 heterocycles. The Hall–Kier alpha value is -5.22. The van der Waals surface area contributed by atoms with Crippen LogP contribution in [-0.4, -0.2) is 64.9 Å². The highest BCUT2D eigenvalue weighted by molar-refractivity contribution is 6.01. The number of hydrogen-bond donors (Lipinski definition) is 2. The van der Waals surface area contributed by atoms with Gasteiger partial charge in [-0.1, -0.05) is 23.4 Å². The summed E-state index contributed by atoms with van der Waals surface area (Å²) in [6.45, 7) is 0.459. The quantitative estimate of drug-likeness (QED) is 0.0717. The van der Waals surface area contributed by atoms with Crippen molar-refractivity contribution in [2.75, 3.05) is 13.2 Å². The number of aromatic nitrogens is 5. The fourth-order valence-electron chi connectivity index (χ4n) is 4.06.